The lowest BCUT2D eigenvalue weighted by atomic mass is 10.3. The molecule has 4 nitrogen and oxygen atoms in total. The zero-order valence-electron chi connectivity index (χ0n) is 6.13. The molecule has 1 atom stereocenters. The molecule has 0 bridgehead atoms. The van der Waals surface area contributed by atoms with Gasteiger partial charge < -0.3 is 5.21 Å². The highest BCUT2D eigenvalue weighted by molar-refractivity contribution is 5.26. The van der Waals surface area contributed by atoms with Gasteiger partial charge in [-0.15, -0.1) is 0 Å². The molecule has 0 aliphatic carbocycles. The molecular weight excluding hydrogens is 142 g/mol. The van der Waals surface area contributed by atoms with Crippen LogP contribution in [-0.4, -0.2) is 21.4 Å². The van der Waals surface area contributed by atoms with Crippen LogP contribution in [-0.2, 0) is 0 Å². The molecule has 0 saturated heterocycles. The summed E-state index contributed by atoms with van der Waals surface area (Å²) in [6, 6.07) is 1.54. The van der Waals surface area contributed by atoms with Crippen molar-refractivity contribution < 1.29 is 5.21 Å². The molecule has 11 heavy (non-hydrogen) atoms. The van der Waals surface area contributed by atoms with Crippen LogP contribution in [0.4, 0.5) is 0 Å². The third-order valence-corrected chi connectivity index (χ3v) is 1.12. The summed E-state index contributed by atoms with van der Waals surface area (Å²) in [7, 11) is 0. The summed E-state index contributed by atoms with van der Waals surface area (Å²) in [4.78, 5) is 0. The van der Waals surface area contributed by atoms with Gasteiger partial charge in [-0.3, -0.25) is 5.10 Å². The third kappa shape index (κ3) is 2.42. The highest BCUT2D eigenvalue weighted by atomic mass is 16.5. The normalized spacial score (nSPS) is 11.8. The van der Waals surface area contributed by atoms with Crippen molar-refractivity contribution in [1.82, 2.24) is 15.7 Å². The maximum absolute atomic E-state index is 8.39. The van der Waals surface area contributed by atoms with E-state index < -0.39 is 0 Å². The lowest BCUT2D eigenvalue weighted by Gasteiger charge is -1.95. The molecule has 0 aliphatic heterocycles. The summed E-state index contributed by atoms with van der Waals surface area (Å²) in [5.74, 6) is 5.54. The molecule has 0 saturated carbocycles. The Balaban J connectivity index is 2.58. The van der Waals surface area contributed by atoms with E-state index in [0.29, 0.717) is 0 Å². The highest BCUT2D eigenvalue weighted by Gasteiger charge is 1.89. The summed E-state index contributed by atoms with van der Waals surface area (Å²) in [6.07, 6.45) is 1.63. The average molecular weight is 151 g/mol. The van der Waals surface area contributed by atoms with Gasteiger partial charge in [0.15, 0.2) is 0 Å². The summed E-state index contributed by atoms with van der Waals surface area (Å²) < 4.78 is 0. The number of aromatic amines is 1. The van der Waals surface area contributed by atoms with Gasteiger partial charge in [0.05, 0.1) is 6.04 Å². The lowest BCUT2D eigenvalue weighted by Crippen LogP contribution is -2.19. The second-order valence-corrected chi connectivity index (χ2v) is 2.09. The molecule has 0 aromatic carbocycles. The first-order valence-electron chi connectivity index (χ1n) is 3.23. The van der Waals surface area contributed by atoms with Gasteiger partial charge in [-0.2, -0.15) is 10.6 Å². The van der Waals surface area contributed by atoms with Crippen LogP contribution in [0.3, 0.4) is 0 Å². The van der Waals surface area contributed by atoms with Gasteiger partial charge in [-0.1, -0.05) is 5.92 Å². The van der Waals surface area contributed by atoms with Crippen LogP contribution in [0, 0.1) is 11.8 Å². The van der Waals surface area contributed by atoms with Gasteiger partial charge in [-0.25, -0.2) is 0 Å². The molecule has 1 unspecified atom stereocenters. The summed E-state index contributed by atoms with van der Waals surface area (Å²) in [5.41, 5.74) is 2.76. The van der Waals surface area contributed by atoms with Gasteiger partial charge >= 0.3 is 0 Å². The van der Waals surface area contributed by atoms with E-state index >= 15 is 0 Å². The number of rotatable bonds is 1. The molecule has 0 radical (unpaired) electrons. The lowest BCUT2D eigenvalue weighted by molar-refractivity contribution is 0.152. The predicted octanol–water partition coefficient (Wildman–Crippen LogP) is 0.129. The van der Waals surface area contributed by atoms with Crippen LogP contribution in [0.2, 0.25) is 0 Å². The molecule has 0 fully saturated rings. The van der Waals surface area contributed by atoms with Crippen molar-refractivity contribution >= 4 is 0 Å². The Morgan fingerprint density at radius 3 is 3.18 bits per heavy atom. The largest absolute Gasteiger partial charge is 0.316 e. The van der Waals surface area contributed by atoms with E-state index in [2.05, 4.69) is 22.0 Å². The molecule has 0 spiro atoms. The fraction of sp³-hybridized carbons (Fsp3) is 0.286. The maximum Gasteiger partial charge on any atom is 0.107 e. The van der Waals surface area contributed by atoms with Crippen molar-refractivity contribution in [3.05, 3.63) is 18.0 Å². The topological polar surface area (TPSA) is 60.9 Å². The number of hydrogen-bond acceptors (Lipinski definition) is 3. The Bertz CT molecular complexity index is 257. The first-order valence-corrected chi connectivity index (χ1v) is 3.23. The van der Waals surface area contributed by atoms with Crippen molar-refractivity contribution in [2.45, 2.75) is 13.0 Å². The van der Waals surface area contributed by atoms with Crippen molar-refractivity contribution in [2.75, 3.05) is 0 Å². The molecule has 1 aromatic rings. The number of nitrogens with zero attached hydrogens (tertiary/aromatic N) is 1. The third-order valence-electron chi connectivity index (χ3n) is 1.12. The van der Waals surface area contributed by atoms with Crippen LogP contribution in [0.5, 0.6) is 0 Å². The second-order valence-electron chi connectivity index (χ2n) is 2.09. The van der Waals surface area contributed by atoms with E-state index in [1.807, 2.05) is 5.48 Å². The number of hydrogen-bond donors (Lipinski definition) is 3. The van der Waals surface area contributed by atoms with E-state index in [1.165, 1.54) is 0 Å². The van der Waals surface area contributed by atoms with Crippen molar-refractivity contribution in [1.29, 1.82) is 0 Å². The van der Waals surface area contributed by atoms with Crippen LogP contribution in [0.25, 0.3) is 0 Å². The Kier molecular flexibility index (Phi) is 2.66. The number of nitrogens with one attached hydrogen (secondary N) is 2. The van der Waals surface area contributed by atoms with Gasteiger partial charge in [0.1, 0.15) is 5.69 Å². The van der Waals surface area contributed by atoms with Crippen molar-refractivity contribution in [3.8, 4) is 11.8 Å². The molecule has 0 amide bonds. The van der Waals surface area contributed by atoms with E-state index in [9.17, 15) is 0 Å². The van der Waals surface area contributed by atoms with Crippen molar-refractivity contribution in [3.63, 3.8) is 0 Å². The molecule has 58 valence electrons. The average Bonchev–Trinajstić information content (AvgIpc) is 2.52. The Morgan fingerprint density at radius 1 is 1.82 bits per heavy atom. The Hall–Kier alpha value is -1.31. The second kappa shape index (κ2) is 3.76. The summed E-state index contributed by atoms with van der Waals surface area (Å²) >= 11 is 0. The van der Waals surface area contributed by atoms with Crippen LogP contribution in [0.15, 0.2) is 12.3 Å². The van der Waals surface area contributed by atoms with Crippen LogP contribution >= 0.6 is 0 Å². The van der Waals surface area contributed by atoms with Crippen molar-refractivity contribution in [2.24, 2.45) is 0 Å². The zero-order chi connectivity index (χ0) is 8.10. The Morgan fingerprint density at radius 2 is 2.64 bits per heavy atom. The molecule has 1 heterocycles. The van der Waals surface area contributed by atoms with E-state index in [0.717, 1.165) is 5.69 Å². The highest BCUT2D eigenvalue weighted by Crippen LogP contribution is 1.86. The first-order chi connectivity index (χ1) is 5.33. The monoisotopic (exact) mass is 151 g/mol. The molecule has 3 N–H and O–H groups in total. The predicted molar refractivity (Wildman–Crippen MR) is 39.8 cm³/mol. The molecule has 0 aliphatic rings. The minimum atomic E-state index is -0.224. The molecule has 4 heteroatoms. The summed E-state index contributed by atoms with van der Waals surface area (Å²) in [5, 5.41) is 14.8. The van der Waals surface area contributed by atoms with E-state index in [-0.39, 0.29) is 6.04 Å². The number of H-pyrrole nitrogens is 1. The van der Waals surface area contributed by atoms with Crippen LogP contribution < -0.4 is 5.48 Å². The summed E-state index contributed by atoms with van der Waals surface area (Å²) in [6.45, 7) is 1.75. The van der Waals surface area contributed by atoms with Gasteiger partial charge in [0.2, 0.25) is 0 Å². The standard InChI is InChI=1S/C7H9N3O/c1-6(10-11)2-3-7-4-5-8-9-7/h4-6,10-11H,1H3,(H,8,9). The molecule has 1 rings (SSSR count). The quantitative estimate of drug-likeness (QED) is 0.395. The fourth-order valence-electron chi connectivity index (χ4n) is 0.544. The molecule has 1 aromatic heterocycles. The zero-order valence-corrected chi connectivity index (χ0v) is 6.13. The van der Waals surface area contributed by atoms with Crippen LogP contribution in [0.1, 0.15) is 12.6 Å². The molecular formula is C7H9N3O. The number of hydroxylamine groups is 1. The van der Waals surface area contributed by atoms with Gasteiger partial charge in [-0.05, 0) is 18.9 Å². The van der Waals surface area contributed by atoms with E-state index in [4.69, 9.17) is 5.21 Å². The van der Waals surface area contributed by atoms with Gasteiger partial charge in [0.25, 0.3) is 0 Å². The maximum atomic E-state index is 8.39. The first kappa shape index (κ1) is 7.79. The van der Waals surface area contributed by atoms with E-state index in [1.54, 1.807) is 19.2 Å². The fourth-order valence-corrected chi connectivity index (χ4v) is 0.544. The Labute approximate surface area is 64.6 Å². The van der Waals surface area contributed by atoms with Gasteiger partial charge in [0, 0.05) is 6.20 Å². The smallest absolute Gasteiger partial charge is 0.107 e. The minimum absolute atomic E-state index is 0.224. The SMILES string of the molecule is CC(C#Cc1ccn[nH]1)NO. The minimum Gasteiger partial charge on any atom is -0.316 e. The number of aromatic nitrogens is 2.